The highest BCUT2D eigenvalue weighted by atomic mass is 16.5. The smallest absolute Gasteiger partial charge is 0.162 e. The van der Waals surface area contributed by atoms with Crippen LogP contribution in [0.2, 0.25) is 0 Å². The number of carbonyl (C=O) groups is 1. The number of ketones is 1. The summed E-state index contributed by atoms with van der Waals surface area (Å²) in [6.07, 6.45) is 11.2. The Labute approximate surface area is 86.3 Å². The maximum atomic E-state index is 11.0. The summed E-state index contributed by atoms with van der Waals surface area (Å²) >= 11 is 0. The first-order valence-corrected chi connectivity index (χ1v) is 5.67. The van der Waals surface area contributed by atoms with E-state index in [2.05, 4.69) is 6.92 Å². The van der Waals surface area contributed by atoms with Gasteiger partial charge in [0.15, 0.2) is 5.78 Å². The minimum Gasteiger partial charge on any atom is -0.497 e. The van der Waals surface area contributed by atoms with Gasteiger partial charge in [-0.05, 0) is 12.8 Å². The lowest BCUT2D eigenvalue weighted by Crippen LogP contribution is -2.18. The Kier molecular flexibility index (Phi) is 5.35. The van der Waals surface area contributed by atoms with E-state index in [1.54, 1.807) is 6.26 Å². The van der Waals surface area contributed by atoms with E-state index in [-0.39, 0.29) is 11.9 Å². The Morgan fingerprint density at radius 3 is 2.86 bits per heavy atom. The molecule has 1 aliphatic heterocycles. The molecule has 0 aromatic carbocycles. The zero-order chi connectivity index (χ0) is 10.2. The summed E-state index contributed by atoms with van der Waals surface area (Å²) in [5.74, 6) is 0.204. The van der Waals surface area contributed by atoms with Crippen LogP contribution in [0.5, 0.6) is 0 Å². The quantitative estimate of drug-likeness (QED) is 0.610. The molecule has 0 N–H and O–H groups in total. The second kappa shape index (κ2) is 6.63. The van der Waals surface area contributed by atoms with Crippen molar-refractivity contribution in [1.82, 2.24) is 0 Å². The zero-order valence-corrected chi connectivity index (χ0v) is 9.00. The Morgan fingerprint density at radius 2 is 2.14 bits per heavy atom. The van der Waals surface area contributed by atoms with Crippen LogP contribution >= 0.6 is 0 Å². The van der Waals surface area contributed by atoms with Crippen LogP contribution in [0.25, 0.3) is 0 Å². The number of allylic oxidation sites excluding steroid dienone is 1. The average molecular weight is 196 g/mol. The fourth-order valence-electron chi connectivity index (χ4n) is 1.71. The van der Waals surface area contributed by atoms with Crippen LogP contribution in [-0.4, -0.2) is 11.9 Å². The second-order valence-corrected chi connectivity index (χ2v) is 3.93. The van der Waals surface area contributed by atoms with Crippen LogP contribution in [0.4, 0.5) is 0 Å². The maximum absolute atomic E-state index is 11.0. The zero-order valence-electron chi connectivity index (χ0n) is 9.00. The van der Waals surface area contributed by atoms with Gasteiger partial charge in [-0.2, -0.15) is 0 Å². The number of unbranched alkanes of at least 4 members (excludes halogenated alkanes) is 4. The molecule has 0 bridgehead atoms. The van der Waals surface area contributed by atoms with E-state index >= 15 is 0 Å². The molecule has 0 fully saturated rings. The van der Waals surface area contributed by atoms with Crippen molar-refractivity contribution < 1.29 is 9.53 Å². The van der Waals surface area contributed by atoms with Gasteiger partial charge >= 0.3 is 0 Å². The number of carbonyl (C=O) groups excluding carboxylic acids is 1. The molecule has 2 heteroatoms. The highest BCUT2D eigenvalue weighted by molar-refractivity contribution is 5.90. The molecule has 1 atom stereocenters. The van der Waals surface area contributed by atoms with Crippen LogP contribution in [0.1, 0.15) is 51.9 Å². The van der Waals surface area contributed by atoms with Crippen molar-refractivity contribution in [2.45, 2.75) is 58.0 Å². The van der Waals surface area contributed by atoms with Crippen molar-refractivity contribution in [2.24, 2.45) is 0 Å². The molecule has 0 radical (unpaired) electrons. The normalized spacial score (nSPS) is 20.9. The van der Waals surface area contributed by atoms with E-state index in [4.69, 9.17) is 4.74 Å². The lowest BCUT2D eigenvalue weighted by molar-refractivity contribution is -0.118. The summed E-state index contributed by atoms with van der Waals surface area (Å²) < 4.78 is 5.35. The molecular weight excluding hydrogens is 176 g/mol. The minimum atomic E-state index is 0.147. The summed E-state index contributed by atoms with van der Waals surface area (Å²) in [5.41, 5.74) is 0. The van der Waals surface area contributed by atoms with E-state index in [1.165, 1.54) is 38.2 Å². The standard InChI is InChI=1S/C12H20O2/c1-2-3-4-5-6-7-12-10-11(13)8-9-14-12/h8-9,12H,2-7,10H2,1H3/t12-/m0/s1. The molecule has 14 heavy (non-hydrogen) atoms. The van der Waals surface area contributed by atoms with E-state index in [9.17, 15) is 4.79 Å². The van der Waals surface area contributed by atoms with Crippen molar-refractivity contribution in [3.05, 3.63) is 12.3 Å². The van der Waals surface area contributed by atoms with Crippen molar-refractivity contribution in [3.63, 3.8) is 0 Å². The van der Waals surface area contributed by atoms with Gasteiger partial charge in [0, 0.05) is 12.5 Å². The van der Waals surface area contributed by atoms with Gasteiger partial charge in [-0.3, -0.25) is 4.79 Å². The molecule has 80 valence electrons. The van der Waals surface area contributed by atoms with Gasteiger partial charge in [-0.15, -0.1) is 0 Å². The molecule has 0 aromatic heterocycles. The molecule has 0 aromatic rings. The topological polar surface area (TPSA) is 26.3 Å². The van der Waals surface area contributed by atoms with Crippen LogP contribution in [0, 0.1) is 0 Å². The fourth-order valence-corrected chi connectivity index (χ4v) is 1.71. The molecule has 0 saturated carbocycles. The van der Waals surface area contributed by atoms with Crippen LogP contribution in [0.15, 0.2) is 12.3 Å². The summed E-state index contributed by atoms with van der Waals surface area (Å²) in [6.45, 7) is 2.22. The molecular formula is C12H20O2. The first kappa shape index (κ1) is 11.3. The van der Waals surface area contributed by atoms with Crippen LogP contribution in [-0.2, 0) is 9.53 Å². The first-order chi connectivity index (χ1) is 6.83. The monoisotopic (exact) mass is 196 g/mol. The Bertz CT molecular complexity index is 196. The number of rotatable bonds is 6. The number of hydrogen-bond donors (Lipinski definition) is 0. The molecule has 0 amide bonds. The van der Waals surface area contributed by atoms with Crippen molar-refractivity contribution in [1.29, 1.82) is 0 Å². The number of ether oxygens (including phenoxy) is 1. The van der Waals surface area contributed by atoms with Crippen molar-refractivity contribution in [2.75, 3.05) is 0 Å². The van der Waals surface area contributed by atoms with E-state index in [0.29, 0.717) is 6.42 Å². The van der Waals surface area contributed by atoms with Gasteiger partial charge < -0.3 is 4.74 Å². The molecule has 1 heterocycles. The molecule has 0 unspecified atom stereocenters. The second-order valence-electron chi connectivity index (χ2n) is 3.93. The van der Waals surface area contributed by atoms with Gasteiger partial charge in [-0.25, -0.2) is 0 Å². The van der Waals surface area contributed by atoms with E-state index in [1.807, 2.05) is 0 Å². The first-order valence-electron chi connectivity index (χ1n) is 5.67. The SMILES string of the molecule is CCCCCCC[C@H]1CC(=O)C=CO1. The predicted octanol–water partition coefficient (Wildman–Crippen LogP) is 3.22. The van der Waals surface area contributed by atoms with Crippen LogP contribution < -0.4 is 0 Å². The summed E-state index contributed by atoms with van der Waals surface area (Å²) in [5, 5.41) is 0. The lowest BCUT2D eigenvalue weighted by Gasteiger charge is -2.18. The maximum Gasteiger partial charge on any atom is 0.162 e. The minimum absolute atomic E-state index is 0.147. The lowest BCUT2D eigenvalue weighted by atomic mass is 10.0. The summed E-state index contributed by atoms with van der Waals surface area (Å²) in [7, 11) is 0. The number of hydrogen-bond acceptors (Lipinski definition) is 2. The Morgan fingerprint density at radius 1 is 1.36 bits per heavy atom. The van der Waals surface area contributed by atoms with Gasteiger partial charge in [0.25, 0.3) is 0 Å². The fraction of sp³-hybridized carbons (Fsp3) is 0.750. The van der Waals surface area contributed by atoms with Gasteiger partial charge in [0.05, 0.1) is 6.26 Å². The molecule has 1 rings (SSSR count). The van der Waals surface area contributed by atoms with Crippen molar-refractivity contribution >= 4 is 5.78 Å². The molecule has 2 nitrogen and oxygen atoms in total. The highest BCUT2D eigenvalue weighted by Gasteiger charge is 2.15. The van der Waals surface area contributed by atoms with Gasteiger partial charge in [0.1, 0.15) is 6.10 Å². The van der Waals surface area contributed by atoms with Crippen LogP contribution in [0.3, 0.4) is 0 Å². The Hall–Kier alpha value is -0.790. The molecule has 0 saturated heterocycles. The van der Waals surface area contributed by atoms with Gasteiger partial charge in [-0.1, -0.05) is 32.6 Å². The Balaban J connectivity index is 2.01. The van der Waals surface area contributed by atoms with E-state index < -0.39 is 0 Å². The average Bonchev–Trinajstić information content (AvgIpc) is 2.18. The largest absolute Gasteiger partial charge is 0.497 e. The van der Waals surface area contributed by atoms with E-state index in [0.717, 1.165) is 6.42 Å². The molecule has 0 spiro atoms. The molecule has 0 aliphatic carbocycles. The van der Waals surface area contributed by atoms with Gasteiger partial charge in [0.2, 0.25) is 0 Å². The molecule has 1 aliphatic rings. The summed E-state index contributed by atoms with van der Waals surface area (Å²) in [6, 6.07) is 0. The third-order valence-corrected chi connectivity index (χ3v) is 2.58. The summed E-state index contributed by atoms with van der Waals surface area (Å²) in [4.78, 5) is 11.0. The third kappa shape index (κ3) is 4.45. The predicted molar refractivity (Wildman–Crippen MR) is 57.0 cm³/mol. The van der Waals surface area contributed by atoms with Crippen molar-refractivity contribution in [3.8, 4) is 0 Å². The third-order valence-electron chi connectivity index (χ3n) is 2.58. The highest BCUT2D eigenvalue weighted by Crippen LogP contribution is 2.15.